The number of hydrogen-bond donors (Lipinski definition) is 1. The smallest absolute Gasteiger partial charge is 0.253 e. The summed E-state index contributed by atoms with van der Waals surface area (Å²) in [6.45, 7) is 1.32. The second kappa shape index (κ2) is 7.53. The standard InChI is InChI=1S/C19H22N4O3/c1-23(2)11-10-20-19(24)12-6-5-7-13-16(12)22-18-15(26-4)9-8-14(25-3)17(18)21-13/h5-9H,10-11H2,1-4H3,(H,20,24). The number of rotatable bonds is 6. The molecule has 0 saturated heterocycles. The molecule has 0 aliphatic rings. The van der Waals surface area contributed by atoms with E-state index in [0.29, 0.717) is 45.7 Å². The molecule has 0 spiro atoms. The van der Waals surface area contributed by atoms with Crippen LogP contribution in [-0.4, -0.2) is 62.2 Å². The van der Waals surface area contributed by atoms with Crippen molar-refractivity contribution in [2.24, 2.45) is 0 Å². The van der Waals surface area contributed by atoms with E-state index in [0.717, 1.165) is 6.54 Å². The van der Waals surface area contributed by atoms with Crippen LogP contribution in [0.5, 0.6) is 11.5 Å². The van der Waals surface area contributed by atoms with Crippen molar-refractivity contribution >= 4 is 28.0 Å². The highest BCUT2D eigenvalue weighted by Crippen LogP contribution is 2.32. The minimum Gasteiger partial charge on any atom is -0.494 e. The number of fused-ring (bicyclic) bond motifs is 2. The number of likely N-dealkylation sites (N-methyl/N-ethyl adjacent to an activating group) is 1. The number of nitrogens with one attached hydrogen (secondary N) is 1. The highest BCUT2D eigenvalue weighted by molar-refractivity contribution is 6.06. The number of nitrogens with zero attached hydrogens (tertiary/aromatic N) is 3. The van der Waals surface area contributed by atoms with Crippen molar-refractivity contribution in [3.05, 3.63) is 35.9 Å². The van der Waals surface area contributed by atoms with Crippen molar-refractivity contribution in [2.75, 3.05) is 41.4 Å². The molecule has 0 saturated carbocycles. The predicted octanol–water partition coefficient (Wildman–Crippen LogP) is 2.09. The maximum absolute atomic E-state index is 12.6. The van der Waals surface area contributed by atoms with Crippen LogP contribution in [0.15, 0.2) is 30.3 Å². The number of amides is 1. The molecule has 0 bridgehead atoms. The van der Waals surface area contributed by atoms with Gasteiger partial charge in [0.15, 0.2) is 0 Å². The van der Waals surface area contributed by atoms with Crippen molar-refractivity contribution in [3.63, 3.8) is 0 Å². The lowest BCUT2D eigenvalue weighted by Crippen LogP contribution is -2.31. The van der Waals surface area contributed by atoms with E-state index in [-0.39, 0.29) is 5.91 Å². The fourth-order valence-electron chi connectivity index (χ4n) is 2.73. The summed E-state index contributed by atoms with van der Waals surface area (Å²) in [5, 5.41) is 2.92. The summed E-state index contributed by atoms with van der Waals surface area (Å²) >= 11 is 0. The van der Waals surface area contributed by atoms with Gasteiger partial charge in [0.2, 0.25) is 0 Å². The van der Waals surface area contributed by atoms with E-state index in [1.807, 2.05) is 25.1 Å². The lowest BCUT2D eigenvalue weighted by atomic mass is 10.1. The van der Waals surface area contributed by atoms with Crippen molar-refractivity contribution in [1.29, 1.82) is 0 Å². The Bertz CT molecular complexity index is 956. The molecule has 26 heavy (non-hydrogen) atoms. The summed E-state index contributed by atoms with van der Waals surface area (Å²) in [4.78, 5) is 23.9. The summed E-state index contributed by atoms with van der Waals surface area (Å²) in [5.41, 5.74) is 2.82. The molecule has 3 rings (SSSR count). The Hall–Kier alpha value is -2.93. The Kier molecular flexibility index (Phi) is 5.18. The van der Waals surface area contributed by atoms with Gasteiger partial charge in [0.25, 0.3) is 5.91 Å². The van der Waals surface area contributed by atoms with Gasteiger partial charge in [-0.05, 0) is 38.4 Å². The molecule has 0 aliphatic heterocycles. The maximum atomic E-state index is 12.6. The molecule has 136 valence electrons. The van der Waals surface area contributed by atoms with Gasteiger partial charge in [0.05, 0.1) is 25.3 Å². The first-order valence-electron chi connectivity index (χ1n) is 8.29. The number of hydrogen-bond acceptors (Lipinski definition) is 6. The predicted molar refractivity (Wildman–Crippen MR) is 101 cm³/mol. The third kappa shape index (κ3) is 3.39. The van der Waals surface area contributed by atoms with E-state index in [1.165, 1.54) is 0 Å². The van der Waals surface area contributed by atoms with Crippen LogP contribution in [0.25, 0.3) is 22.1 Å². The number of para-hydroxylation sites is 1. The minimum atomic E-state index is -0.173. The van der Waals surface area contributed by atoms with Gasteiger partial charge in [0.1, 0.15) is 28.0 Å². The fraction of sp³-hybridized carbons (Fsp3) is 0.316. The lowest BCUT2D eigenvalue weighted by Gasteiger charge is -2.12. The highest BCUT2D eigenvalue weighted by Gasteiger charge is 2.16. The number of ether oxygens (including phenoxy) is 2. The zero-order chi connectivity index (χ0) is 18.7. The van der Waals surface area contributed by atoms with E-state index in [2.05, 4.69) is 15.3 Å². The van der Waals surface area contributed by atoms with Crippen LogP contribution in [0.2, 0.25) is 0 Å². The minimum absolute atomic E-state index is 0.173. The Morgan fingerprint density at radius 2 is 1.65 bits per heavy atom. The summed E-state index contributed by atoms with van der Waals surface area (Å²) < 4.78 is 10.8. The number of methoxy groups -OCH3 is 2. The van der Waals surface area contributed by atoms with Gasteiger partial charge in [-0.25, -0.2) is 9.97 Å². The molecule has 0 atom stereocenters. The fourth-order valence-corrected chi connectivity index (χ4v) is 2.73. The van der Waals surface area contributed by atoms with Crippen LogP contribution in [0.4, 0.5) is 0 Å². The van der Waals surface area contributed by atoms with Crippen LogP contribution in [0.3, 0.4) is 0 Å². The zero-order valence-electron chi connectivity index (χ0n) is 15.4. The van der Waals surface area contributed by atoms with Gasteiger partial charge in [-0.15, -0.1) is 0 Å². The van der Waals surface area contributed by atoms with Crippen molar-refractivity contribution in [1.82, 2.24) is 20.2 Å². The van der Waals surface area contributed by atoms with Crippen LogP contribution in [0, 0.1) is 0 Å². The molecule has 3 aromatic rings. The van der Waals surface area contributed by atoms with Crippen LogP contribution >= 0.6 is 0 Å². The van der Waals surface area contributed by atoms with E-state index in [9.17, 15) is 4.79 Å². The van der Waals surface area contributed by atoms with Crippen molar-refractivity contribution in [2.45, 2.75) is 0 Å². The average molecular weight is 354 g/mol. The van der Waals surface area contributed by atoms with Gasteiger partial charge in [0, 0.05) is 13.1 Å². The number of benzene rings is 2. The normalized spacial score (nSPS) is 11.1. The Balaban J connectivity index is 2.11. The van der Waals surface area contributed by atoms with Crippen molar-refractivity contribution in [3.8, 4) is 11.5 Å². The van der Waals surface area contributed by atoms with E-state index < -0.39 is 0 Å². The molecule has 0 radical (unpaired) electrons. The van der Waals surface area contributed by atoms with Gasteiger partial charge in [-0.1, -0.05) is 6.07 Å². The molecule has 1 N–H and O–H groups in total. The van der Waals surface area contributed by atoms with E-state index in [4.69, 9.17) is 9.47 Å². The molecule has 7 heteroatoms. The maximum Gasteiger partial charge on any atom is 0.253 e. The molecular formula is C19H22N4O3. The first-order chi connectivity index (χ1) is 12.5. The average Bonchev–Trinajstić information content (AvgIpc) is 2.64. The first-order valence-corrected chi connectivity index (χ1v) is 8.29. The first kappa shape index (κ1) is 17.9. The molecule has 1 heterocycles. The number of carbonyl (C=O) groups is 1. The number of carbonyl (C=O) groups excluding carboxylic acids is 1. The van der Waals surface area contributed by atoms with Crippen LogP contribution in [-0.2, 0) is 0 Å². The van der Waals surface area contributed by atoms with Crippen molar-refractivity contribution < 1.29 is 14.3 Å². The second-order valence-electron chi connectivity index (χ2n) is 6.12. The molecule has 2 aromatic carbocycles. The van der Waals surface area contributed by atoms with E-state index in [1.54, 1.807) is 38.5 Å². The monoisotopic (exact) mass is 354 g/mol. The van der Waals surface area contributed by atoms with Gasteiger partial charge in [-0.3, -0.25) is 4.79 Å². The second-order valence-corrected chi connectivity index (χ2v) is 6.12. The van der Waals surface area contributed by atoms with Crippen LogP contribution < -0.4 is 14.8 Å². The third-order valence-corrected chi connectivity index (χ3v) is 4.08. The van der Waals surface area contributed by atoms with E-state index >= 15 is 0 Å². The lowest BCUT2D eigenvalue weighted by molar-refractivity contribution is 0.0952. The summed E-state index contributed by atoms with van der Waals surface area (Å²) in [5.74, 6) is 1.02. The molecule has 1 aromatic heterocycles. The van der Waals surface area contributed by atoms with Gasteiger partial charge >= 0.3 is 0 Å². The summed E-state index contributed by atoms with van der Waals surface area (Å²) in [6, 6.07) is 8.95. The largest absolute Gasteiger partial charge is 0.494 e. The quantitative estimate of drug-likeness (QED) is 0.683. The molecule has 7 nitrogen and oxygen atoms in total. The zero-order valence-corrected chi connectivity index (χ0v) is 15.4. The SMILES string of the molecule is COc1ccc(OC)c2nc3c(C(=O)NCCN(C)C)cccc3nc12. The van der Waals surface area contributed by atoms with Gasteiger partial charge < -0.3 is 19.7 Å². The Morgan fingerprint density at radius 1 is 1.00 bits per heavy atom. The highest BCUT2D eigenvalue weighted by atomic mass is 16.5. The Morgan fingerprint density at radius 3 is 2.27 bits per heavy atom. The molecular weight excluding hydrogens is 332 g/mol. The summed E-state index contributed by atoms with van der Waals surface area (Å²) in [6.07, 6.45) is 0. The molecule has 0 unspecified atom stereocenters. The Labute approximate surface area is 151 Å². The molecule has 1 amide bonds. The van der Waals surface area contributed by atoms with Gasteiger partial charge in [-0.2, -0.15) is 0 Å². The third-order valence-electron chi connectivity index (χ3n) is 4.08. The molecule has 0 fully saturated rings. The molecule has 0 aliphatic carbocycles. The summed E-state index contributed by atoms with van der Waals surface area (Å²) in [7, 11) is 7.08. The number of aromatic nitrogens is 2. The van der Waals surface area contributed by atoms with Crippen LogP contribution in [0.1, 0.15) is 10.4 Å². The topological polar surface area (TPSA) is 76.6 Å².